The van der Waals surface area contributed by atoms with E-state index in [0.717, 1.165) is 15.6 Å². The smallest absolute Gasteiger partial charge is 0.138 e. The van der Waals surface area contributed by atoms with Gasteiger partial charge in [-0.05, 0) is 0 Å². The van der Waals surface area contributed by atoms with Crippen LogP contribution in [0.1, 0.15) is 20.8 Å². The average Bonchev–Trinajstić information content (AvgIpc) is 2.49. The molecule has 0 unspecified atom stereocenters. The van der Waals surface area contributed by atoms with Crippen LogP contribution < -0.4 is 0 Å². The van der Waals surface area contributed by atoms with Gasteiger partial charge in [-0.15, -0.1) is 11.8 Å². The Balaban J connectivity index is 2.46. The number of nitrogens with zero attached hydrogens (tertiary/aromatic N) is 2. The summed E-state index contributed by atoms with van der Waals surface area (Å²) in [5, 5.41) is 0.772. The van der Waals surface area contributed by atoms with E-state index in [2.05, 4.69) is 25.8 Å². The first-order chi connectivity index (χ1) is 6.96. The summed E-state index contributed by atoms with van der Waals surface area (Å²) < 4.78 is 2.15. The molecule has 0 radical (unpaired) electrons. The lowest BCUT2D eigenvalue weighted by molar-refractivity contribution is 0.802. The molecule has 80 valence electrons. The molecule has 2 heterocycles. The van der Waals surface area contributed by atoms with Crippen LogP contribution in [0.5, 0.6) is 0 Å². The van der Waals surface area contributed by atoms with E-state index in [9.17, 15) is 0 Å². The maximum absolute atomic E-state index is 6.19. The Bertz CT molecular complexity index is 485. The second-order valence-electron chi connectivity index (χ2n) is 4.39. The number of hydrogen-bond acceptors (Lipinski definition) is 2. The molecule has 0 spiro atoms. The van der Waals surface area contributed by atoms with Crippen LogP contribution in [0.15, 0.2) is 29.6 Å². The highest BCUT2D eigenvalue weighted by Gasteiger charge is 2.15. The maximum Gasteiger partial charge on any atom is 0.138 e. The third-order valence-corrected chi connectivity index (χ3v) is 3.44. The Hall–Kier alpha value is -0.670. The first-order valence-electron chi connectivity index (χ1n) is 4.77. The first-order valence-corrected chi connectivity index (χ1v) is 5.96. The highest BCUT2D eigenvalue weighted by molar-refractivity contribution is 8.00. The molecule has 0 aliphatic rings. The van der Waals surface area contributed by atoms with E-state index in [0.29, 0.717) is 0 Å². The van der Waals surface area contributed by atoms with Crippen molar-refractivity contribution < 1.29 is 0 Å². The van der Waals surface area contributed by atoms with E-state index in [1.54, 1.807) is 18.0 Å². The van der Waals surface area contributed by atoms with E-state index in [1.807, 2.05) is 22.9 Å². The highest BCUT2D eigenvalue weighted by Crippen LogP contribution is 2.36. The van der Waals surface area contributed by atoms with Gasteiger partial charge < -0.3 is 4.40 Å². The number of pyridine rings is 1. The van der Waals surface area contributed by atoms with Gasteiger partial charge in [0.15, 0.2) is 0 Å². The largest absolute Gasteiger partial charge is 0.306 e. The van der Waals surface area contributed by atoms with E-state index in [-0.39, 0.29) is 4.75 Å². The minimum Gasteiger partial charge on any atom is -0.306 e. The molecule has 2 rings (SSSR count). The highest BCUT2D eigenvalue weighted by atomic mass is 35.5. The standard InChI is InChI=1S/C11H13ClN2S/c1-11(2,3)15-9-7-14-5-4-13-10(14)6-8(9)12/h4-7H,1-3H3. The van der Waals surface area contributed by atoms with Crippen LogP contribution >= 0.6 is 23.4 Å². The maximum atomic E-state index is 6.19. The van der Waals surface area contributed by atoms with Crippen molar-refractivity contribution in [1.82, 2.24) is 9.38 Å². The zero-order chi connectivity index (χ0) is 11.1. The van der Waals surface area contributed by atoms with E-state index < -0.39 is 0 Å². The van der Waals surface area contributed by atoms with Crippen LogP contribution in [0.2, 0.25) is 5.02 Å². The number of rotatable bonds is 1. The van der Waals surface area contributed by atoms with Crippen LogP contribution in [-0.4, -0.2) is 14.1 Å². The molecule has 0 aliphatic carbocycles. The summed E-state index contributed by atoms with van der Waals surface area (Å²) in [5.74, 6) is 0. The van der Waals surface area contributed by atoms with Gasteiger partial charge in [0.05, 0.1) is 5.02 Å². The predicted octanol–water partition coefficient (Wildman–Crippen LogP) is 3.88. The number of thioether (sulfide) groups is 1. The Kier molecular flexibility index (Phi) is 2.69. The van der Waals surface area contributed by atoms with Gasteiger partial charge in [0.1, 0.15) is 5.65 Å². The molecule has 0 saturated heterocycles. The number of imidazole rings is 1. The molecule has 0 amide bonds. The van der Waals surface area contributed by atoms with Crippen LogP contribution in [0.25, 0.3) is 5.65 Å². The van der Waals surface area contributed by atoms with Crippen LogP contribution in [0, 0.1) is 0 Å². The van der Waals surface area contributed by atoms with Crippen LogP contribution in [0.3, 0.4) is 0 Å². The van der Waals surface area contributed by atoms with Gasteiger partial charge in [-0.25, -0.2) is 4.98 Å². The summed E-state index contributed by atoms with van der Waals surface area (Å²) in [6.07, 6.45) is 5.73. The number of aromatic nitrogens is 2. The SMILES string of the molecule is CC(C)(C)Sc1cn2ccnc2cc1Cl. The fourth-order valence-electron chi connectivity index (χ4n) is 1.32. The fourth-order valence-corrected chi connectivity index (χ4v) is 2.57. The summed E-state index contributed by atoms with van der Waals surface area (Å²) >= 11 is 7.96. The summed E-state index contributed by atoms with van der Waals surface area (Å²) in [7, 11) is 0. The Labute approximate surface area is 98.7 Å². The molecule has 0 aliphatic heterocycles. The van der Waals surface area contributed by atoms with Crippen molar-refractivity contribution in [3.05, 3.63) is 29.7 Å². The van der Waals surface area contributed by atoms with Gasteiger partial charge in [0.25, 0.3) is 0 Å². The van der Waals surface area contributed by atoms with Crippen molar-refractivity contribution >= 4 is 29.0 Å². The normalized spacial score (nSPS) is 12.3. The lowest BCUT2D eigenvalue weighted by atomic mass is 10.3. The summed E-state index contributed by atoms with van der Waals surface area (Å²) in [4.78, 5) is 5.28. The Morgan fingerprint density at radius 1 is 1.40 bits per heavy atom. The summed E-state index contributed by atoms with van der Waals surface area (Å²) in [6.45, 7) is 6.52. The molecule has 2 nitrogen and oxygen atoms in total. The molecule has 2 aromatic heterocycles. The Morgan fingerprint density at radius 3 is 2.80 bits per heavy atom. The molecular formula is C11H13ClN2S. The molecule has 15 heavy (non-hydrogen) atoms. The molecule has 4 heteroatoms. The lowest BCUT2D eigenvalue weighted by Crippen LogP contribution is -2.07. The van der Waals surface area contributed by atoms with Gasteiger partial charge in [0, 0.05) is 34.3 Å². The predicted molar refractivity (Wildman–Crippen MR) is 65.8 cm³/mol. The second-order valence-corrected chi connectivity index (χ2v) is 6.67. The fraction of sp³-hybridized carbons (Fsp3) is 0.364. The molecule has 0 fully saturated rings. The summed E-state index contributed by atoms with van der Waals surface area (Å²) in [6, 6.07) is 1.90. The zero-order valence-corrected chi connectivity index (χ0v) is 10.6. The lowest BCUT2D eigenvalue weighted by Gasteiger charge is -2.18. The monoisotopic (exact) mass is 240 g/mol. The minimum atomic E-state index is 0.165. The van der Waals surface area contributed by atoms with Gasteiger partial charge in [-0.2, -0.15) is 0 Å². The van der Waals surface area contributed by atoms with Crippen molar-refractivity contribution in [3.8, 4) is 0 Å². The number of hydrogen-bond donors (Lipinski definition) is 0. The minimum absolute atomic E-state index is 0.165. The zero-order valence-electron chi connectivity index (χ0n) is 8.99. The van der Waals surface area contributed by atoms with Crippen molar-refractivity contribution in [2.45, 2.75) is 30.4 Å². The molecule has 0 atom stereocenters. The second kappa shape index (κ2) is 3.72. The molecule has 2 aromatic rings. The molecule has 0 bridgehead atoms. The van der Waals surface area contributed by atoms with Crippen molar-refractivity contribution in [2.75, 3.05) is 0 Å². The molecule has 0 aromatic carbocycles. The van der Waals surface area contributed by atoms with Crippen LogP contribution in [-0.2, 0) is 0 Å². The third-order valence-electron chi connectivity index (χ3n) is 1.86. The molecule has 0 saturated carbocycles. The van der Waals surface area contributed by atoms with Gasteiger partial charge >= 0.3 is 0 Å². The van der Waals surface area contributed by atoms with Gasteiger partial charge in [-0.1, -0.05) is 32.4 Å². The quantitative estimate of drug-likeness (QED) is 0.704. The van der Waals surface area contributed by atoms with Crippen molar-refractivity contribution in [1.29, 1.82) is 0 Å². The van der Waals surface area contributed by atoms with Crippen molar-refractivity contribution in [2.24, 2.45) is 0 Å². The van der Waals surface area contributed by atoms with E-state index >= 15 is 0 Å². The first kappa shape index (κ1) is 10.8. The summed E-state index contributed by atoms with van der Waals surface area (Å²) in [5.41, 5.74) is 0.887. The third kappa shape index (κ3) is 2.47. The number of fused-ring (bicyclic) bond motifs is 1. The number of halogens is 1. The molecular weight excluding hydrogens is 228 g/mol. The van der Waals surface area contributed by atoms with Crippen molar-refractivity contribution in [3.63, 3.8) is 0 Å². The van der Waals surface area contributed by atoms with Gasteiger partial charge in [0.2, 0.25) is 0 Å². The average molecular weight is 241 g/mol. The molecule has 0 N–H and O–H groups in total. The topological polar surface area (TPSA) is 17.3 Å². The van der Waals surface area contributed by atoms with E-state index in [4.69, 9.17) is 11.6 Å². The van der Waals surface area contributed by atoms with Gasteiger partial charge in [-0.3, -0.25) is 0 Å². The Morgan fingerprint density at radius 2 is 2.13 bits per heavy atom. The van der Waals surface area contributed by atoms with Crippen LogP contribution in [0.4, 0.5) is 0 Å². The van der Waals surface area contributed by atoms with E-state index in [1.165, 1.54) is 0 Å².